The molecule has 0 radical (unpaired) electrons. The average Bonchev–Trinajstić information content (AvgIpc) is 2.93. The first-order chi connectivity index (χ1) is 19.4. The van der Waals surface area contributed by atoms with Crippen molar-refractivity contribution >= 4 is 56.1 Å². The number of carbonyl (C=O) groups excluding carboxylic acids is 2. The SMILES string of the molecule is C=CCOc1ccc(Br)cc1/C=N/NC(=O)CCCCCCCCC(=O)N/N=C/c1cc(Br)ccc1OCC=C. The first kappa shape index (κ1) is 33.0. The van der Waals surface area contributed by atoms with Gasteiger partial charge >= 0.3 is 0 Å². The molecule has 0 aromatic heterocycles. The lowest BCUT2D eigenvalue weighted by molar-refractivity contribution is -0.122. The van der Waals surface area contributed by atoms with Gasteiger partial charge in [0.25, 0.3) is 0 Å². The van der Waals surface area contributed by atoms with Gasteiger partial charge in [-0.1, -0.05) is 82.9 Å². The fourth-order valence-corrected chi connectivity index (χ4v) is 4.30. The van der Waals surface area contributed by atoms with Gasteiger partial charge in [0.2, 0.25) is 11.8 Å². The molecule has 0 bridgehead atoms. The molecule has 0 spiro atoms. The van der Waals surface area contributed by atoms with E-state index in [1.54, 1.807) is 24.6 Å². The van der Waals surface area contributed by atoms with Gasteiger partial charge in [0.05, 0.1) is 12.4 Å². The predicted octanol–water partition coefficient (Wildman–Crippen LogP) is 7.06. The minimum Gasteiger partial charge on any atom is -0.489 e. The summed E-state index contributed by atoms with van der Waals surface area (Å²) >= 11 is 6.86. The minimum atomic E-state index is -0.126. The molecule has 0 fully saturated rings. The predicted molar refractivity (Wildman–Crippen MR) is 168 cm³/mol. The number of hydrazone groups is 2. The third-order valence-corrected chi connectivity index (χ3v) is 6.49. The van der Waals surface area contributed by atoms with Crippen LogP contribution in [0.5, 0.6) is 11.5 Å². The normalized spacial score (nSPS) is 10.9. The number of hydrogen-bond acceptors (Lipinski definition) is 6. The summed E-state index contributed by atoms with van der Waals surface area (Å²) in [5.41, 5.74) is 6.65. The van der Waals surface area contributed by atoms with E-state index in [0.29, 0.717) is 37.6 Å². The van der Waals surface area contributed by atoms with Gasteiger partial charge in [0.15, 0.2) is 0 Å². The van der Waals surface area contributed by atoms with Crippen molar-refractivity contribution in [1.29, 1.82) is 0 Å². The van der Waals surface area contributed by atoms with E-state index in [-0.39, 0.29) is 11.8 Å². The molecule has 2 N–H and O–H groups in total. The van der Waals surface area contributed by atoms with E-state index in [2.05, 4.69) is 66.1 Å². The maximum Gasteiger partial charge on any atom is 0.240 e. The molecule has 0 aliphatic rings. The van der Waals surface area contributed by atoms with Gasteiger partial charge < -0.3 is 9.47 Å². The number of halogens is 2. The third kappa shape index (κ3) is 13.7. The number of hydrogen-bond donors (Lipinski definition) is 2. The standard InChI is InChI=1S/C30H36Br2N4O4/c1-3-17-39-27-15-13-25(31)19-23(27)21-33-35-29(37)11-9-7-5-6-8-10-12-30(38)36-34-22-24-20-26(32)14-16-28(24)40-18-4-2/h3-4,13-16,19-22H,1-2,5-12,17-18H2,(H,35,37)(H,36,38)/b33-21+,34-22+. The fraction of sp³-hybridized carbons (Fsp3) is 0.333. The summed E-state index contributed by atoms with van der Waals surface area (Å²) < 4.78 is 13.0. The lowest BCUT2D eigenvalue weighted by atomic mass is 10.1. The van der Waals surface area contributed by atoms with E-state index in [9.17, 15) is 9.59 Å². The smallest absolute Gasteiger partial charge is 0.240 e. The van der Waals surface area contributed by atoms with E-state index in [0.717, 1.165) is 58.6 Å². The van der Waals surface area contributed by atoms with Crippen LogP contribution in [0.4, 0.5) is 0 Å². The molecule has 0 unspecified atom stereocenters. The van der Waals surface area contributed by atoms with E-state index in [1.165, 1.54) is 0 Å². The van der Waals surface area contributed by atoms with Crippen LogP contribution in [0.15, 0.2) is 80.9 Å². The highest BCUT2D eigenvalue weighted by atomic mass is 79.9. The van der Waals surface area contributed by atoms with Crippen molar-refractivity contribution in [2.45, 2.75) is 51.4 Å². The monoisotopic (exact) mass is 674 g/mol. The van der Waals surface area contributed by atoms with Crippen LogP contribution in [0, 0.1) is 0 Å². The summed E-state index contributed by atoms with van der Waals surface area (Å²) in [4.78, 5) is 24.2. The maximum atomic E-state index is 12.1. The molecule has 0 heterocycles. The van der Waals surface area contributed by atoms with Gasteiger partial charge in [-0.2, -0.15) is 10.2 Å². The molecule has 2 aromatic carbocycles. The maximum absolute atomic E-state index is 12.1. The molecule has 2 rings (SSSR count). The molecule has 0 atom stereocenters. The van der Waals surface area contributed by atoms with Crippen molar-refractivity contribution < 1.29 is 19.1 Å². The average molecular weight is 676 g/mol. The number of carbonyl (C=O) groups is 2. The molecule has 10 heteroatoms. The molecule has 0 aliphatic heterocycles. The summed E-state index contributed by atoms with van der Waals surface area (Å²) in [6.07, 6.45) is 12.8. The van der Waals surface area contributed by atoms with Gasteiger partial charge in [0, 0.05) is 32.9 Å². The molecule has 0 saturated carbocycles. The Labute approximate surface area is 253 Å². The second kappa shape index (κ2) is 19.8. The number of nitrogens with one attached hydrogen (secondary N) is 2. The van der Waals surface area contributed by atoms with Gasteiger partial charge in [0.1, 0.15) is 24.7 Å². The van der Waals surface area contributed by atoms with Gasteiger partial charge in [-0.05, 0) is 49.2 Å². The number of nitrogens with zero attached hydrogens (tertiary/aromatic N) is 2. The number of benzene rings is 2. The van der Waals surface area contributed by atoms with Gasteiger partial charge in [-0.3, -0.25) is 9.59 Å². The summed E-state index contributed by atoms with van der Waals surface area (Å²) in [5.74, 6) is 1.07. The topological polar surface area (TPSA) is 101 Å². The van der Waals surface area contributed by atoms with E-state index in [1.807, 2.05) is 36.4 Å². The Balaban J connectivity index is 1.56. The minimum absolute atomic E-state index is 0.126. The van der Waals surface area contributed by atoms with E-state index in [4.69, 9.17) is 9.47 Å². The zero-order valence-electron chi connectivity index (χ0n) is 22.5. The molecule has 40 heavy (non-hydrogen) atoms. The second-order valence-electron chi connectivity index (χ2n) is 8.77. The molecular formula is C30H36Br2N4O4. The van der Waals surface area contributed by atoms with Gasteiger partial charge in [-0.15, -0.1) is 0 Å². The number of rotatable bonds is 19. The van der Waals surface area contributed by atoms with Crippen molar-refractivity contribution in [2.24, 2.45) is 10.2 Å². The first-order valence-corrected chi connectivity index (χ1v) is 14.7. The number of unbranched alkanes of at least 4 members (excludes halogenated alkanes) is 5. The van der Waals surface area contributed by atoms with Crippen LogP contribution in [-0.4, -0.2) is 37.5 Å². The van der Waals surface area contributed by atoms with Crippen molar-refractivity contribution in [3.05, 3.63) is 81.8 Å². The highest BCUT2D eigenvalue weighted by molar-refractivity contribution is 9.10. The van der Waals surface area contributed by atoms with E-state index >= 15 is 0 Å². The van der Waals surface area contributed by atoms with Crippen LogP contribution in [0.25, 0.3) is 0 Å². The van der Waals surface area contributed by atoms with Crippen molar-refractivity contribution in [3.8, 4) is 11.5 Å². The van der Waals surface area contributed by atoms with Crippen LogP contribution >= 0.6 is 31.9 Å². The molecular weight excluding hydrogens is 640 g/mol. The Morgan fingerprint density at radius 3 is 1.50 bits per heavy atom. The molecule has 0 saturated heterocycles. The molecule has 214 valence electrons. The lowest BCUT2D eigenvalue weighted by Gasteiger charge is -2.07. The Morgan fingerprint density at radius 1 is 0.700 bits per heavy atom. The first-order valence-electron chi connectivity index (χ1n) is 13.1. The van der Waals surface area contributed by atoms with E-state index < -0.39 is 0 Å². The van der Waals surface area contributed by atoms with Crippen LogP contribution in [0.1, 0.15) is 62.5 Å². The van der Waals surface area contributed by atoms with Crippen molar-refractivity contribution in [3.63, 3.8) is 0 Å². The Bertz CT molecular complexity index is 1090. The highest BCUT2D eigenvalue weighted by Crippen LogP contribution is 2.23. The summed E-state index contributed by atoms with van der Waals surface area (Å²) in [6.45, 7) is 8.07. The zero-order chi connectivity index (χ0) is 29.0. The third-order valence-electron chi connectivity index (χ3n) is 5.50. The molecule has 2 aromatic rings. The molecule has 8 nitrogen and oxygen atoms in total. The Morgan fingerprint density at radius 2 is 1.10 bits per heavy atom. The highest BCUT2D eigenvalue weighted by Gasteiger charge is 2.05. The summed E-state index contributed by atoms with van der Waals surface area (Å²) in [5, 5.41) is 8.11. The van der Waals surface area contributed by atoms with Crippen LogP contribution in [0.3, 0.4) is 0 Å². The van der Waals surface area contributed by atoms with Crippen LogP contribution < -0.4 is 20.3 Å². The van der Waals surface area contributed by atoms with Crippen molar-refractivity contribution in [2.75, 3.05) is 13.2 Å². The second-order valence-corrected chi connectivity index (χ2v) is 10.6. The van der Waals surface area contributed by atoms with Crippen molar-refractivity contribution in [1.82, 2.24) is 10.9 Å². The largest absolute Gasteiger partial charge is 0.489 e. The number of amides is 2. The summed E-state index contributed by atoms with van der Waals surface area (Å²) in [6, 6.07) is 11.2. The summed E-state index contributed by atoms with van der Waals surface area (Å²) in [7, 11) is 0. The zero-order valence-corrected chi connectivity index (χ0v) is 25.7. The molecule has 0 aliphatic carbocycles. The van der Waals surface area contributed by atoms with Crippen LogP contribution in [0.2, 0.25) is 0 Å². The molecule has 2 amide bonds. The number of ether oxygens (including phenoxy) is 2. The Hall–Kier alpha value is -3.24. The van der Waals surface area contributed by atoms with Gasteiger partial charge in [-0.25, -0.2) is 10.9 Å². The lowest BCUT2D eigenvalue weighted by Crippen LogP contribution is -2.17. The fourth-order valence-electron chi connectivity index (χ4n) is 3.54. The quantitative estimate of drug-likeness (QED) is 0.0720. The van der Waals surface area contributed by atoms with Crippen LogP contribution in [-0.2, 0) is 9.59 Å². The Kier molecular flexibility index (Phi) is 16.3.